The molecule has 1 heterocycles. The first-order valence-electron chi connectivity index (χ1n) is 7.82. The maximum absolute atomic E-state index is 4.81. The van der Waals surface area contributed by atoms with Crippen LogP contribution in [0.25, 0.3) is 11.0 Å². The molecule has 0 radical (unpaired) electrons. The summed E-state index contributed by atoms with van der Waals surface area (Å²) < 4.78 is 0. The molecule has 3 rings (SSSR count). The van der Waals surface area contributed by atoms with Gasteiger partial charge in [-0.2, -0.15) is 0 Å². The fourth-order valence-corrected chi connectivity index (χ4v) is 3.27. The molecule has 0 spiro atoms. The molecule has 2 aromatic rings. The van der Waals surface area contributed by atoms with Crippen LogP contribution in [0.2, 0.25) is 0 Å². The third kappa shape index (κ3) is 2.98. The Morgan fingerprint density at radius 1 is 1.20 bits per heavy atom. The molecule has 1 fully saturated rings. The molecule has 0 amide bonds. The lowest BCUT2D eigenvalue weighted by Gasteiger charge is -2.21. The molecule has 3 nitrogen and oxygen atoms in total. The van der Waals surface area contributed by atoms with Gasteiger partial charge in [-0.15, -0.1) is 0 Å². The quantitative estimate of drug-likeness (QED) is 0.895. The summed E-state index contributed by atoms with van der Waals surface area (Å²) in [6.07, 6.45) is 8.69. The maximum Gasteiger partial charge on any atom is 0.0890 e. The largest absolute Gasteiger partial charge is 0.309 e. The first-order valence-corrected chi connectivity index (χ1v) is 7.82. The Kier molecular flexibility index (Phi) is 4.26. The Bertz CT molecular complexity index is 561. The summed E-state index contributed by atoms with van der Waals surface area (Å²) in [6.45, 7) is 3.14. The van der Waals surface area contributed by atoms with E-state index in [1.165, 1.54) is 32.1 Å². The molecule has 20 heavy (non-hydrogen) atoms. The minimum absolute atomic E-state index is 0.347. The zero-order chi connectivity index (χ0) is 13.8. The molecule has 0 aliphatic heterocycles. The monoisotopic (exact) mass is 269 g/mol. The number of rotatable bonds is 5. The average Bonchev–Trinajstić information content (AvgIpc) is 2.99. The van der Waals surface area contributed by atoms with Crippen molar-refractivity contribution in [3.8, 4) is 0 Å². The van der Waals surface area contributed by atoms with E-state index in [1.54, 1.807) is 0 Å². The van der Waals surface area contributed by atoms with Crippen molar-refractivity contribution in [3.05, 3.63) is 36.2 Å². The molecule has 1 aliphatic carbocycles. The normalized spacial score (nSPS) is 17.6. The minimum Gasteiger partial charge on any atom is -0.309 e. The third-order valence-electron chi connectivity index (χ3n) is 4.32. The summed E-state index contributed by atoms with van der Waals surface area (Å²) in [7, 11) is 0. The van der Waals surface area contributed by atoms with E-state index in [-0.39, 0.29) is 0 Å². The van der Waals surface area contributed by atoms with Gasteiger partial charge in [0, 0.05) is 0 Å². The third-order valence-corrected chi connectivity index (χ3v) is 4.32. The van der Waals surface area contributed by atoms with Crippen molar-refractivity contribution in [2.45, 2.75) is 45.1 Å². The minimum atomic E-state index is 0.347. The van der Waals surface area contributed by atoms with Crippen molar-refractivity contribution in [2.75, 3.05) is 6.54 Å². The lowest BCUT2D eigenvalue weighted by molar-refractivity contribution is 0.395. The highest BCUT2D eigenvalue weighted by Gasteiger charge is 2.22. The molecular formula is C17H23N3. The van der Waals surface area contributed by atoms with Crippen molar-refractivity contribution in [3.63, 3.8) is 0 Å². The molecule has 1 aromatic carbocycles. The lowest BCUT2D eigenvalue weighted by Crippen LogP contribution is -2.24. The number of nitrogens with one attached hydrogen (secondary N) is 1. The summed E-state index contributed by atoms with van der Waals surface area (Å²) in [5.41, 5.74) is 3.07. The fraction of sp³-hybridized carbons (Fsp3) is 0.529. The van der Waals surface area contributed by atoms with Gasteiger partial charge >= 0.3 is 0 Å². The van der Waals surface area contributed by atoms with E-state index >= 15 is 0 Å². The standard InChI is InChI=1S/C17H23N3/c1-2-18-16(11-13-7-3-4-8-13)17-12-19-14-9-5-6-10-15(14)20-17/h5-6,9-10,12-13,16,18H,2-4,7-8,11H2,1H3. The van der Waals surface area contributed by atoms with Crippen molar-refractivity contribution >= 4 is 11.0 Å². The molecule has 1 atom stereocenters. The van der Waals surface area contributed by atoms with Gasteiger partial charge in [0.2, 0.25) is 0 Å². The van der Waals surface area contributed by atoms with Crippen LogP contribution in [-0.4, -0.2) is 16.5 Å². The number of fused-ring (bicyclic) bond motifs is 1. The highest BCUT2D eigenvalue weighted by atomic mass is 14.9. The highest BCUT2D eigenvalue weighted by Crippen LogP contribution is 2.32. The van der Waals surface area contributed by atoms with E-state index in [0.29, 0.717) is 6.04 Å². The van der Waals surface area contributed by atoms with Crippen LogP contribution in [0, 0.1) is 5.92 Å². The van der Waals surface area contributed by atoms with Gasteiger partial charge in [-0.25, -0.2) is 4.98 Å². The molecule has 1 aliphatic rings. The zero-order valence-electron chi connectivity index (χ0n) is 12.2. The van der Waals surface area contributed by atoms with Gasteiger partial charge in [0.05, 0.1) is 29.0 Å². The van der Waals surface area contributed by atoms with Gasteiger partial charge in [-0.1, -0.05) is 44.7 Å². The van der Waals surface area contributed by atoms with E-state index in [4.69, 9.17) is 4.98 Å². The SMILES string of the molecule is CCNC(CC1CCCC1)c1cnc2ccccc2n1. The van der Waals surface area contributed by atoms with Crippen LogP contribution in [0.4, 0.5) is 0 Å². The molecule has 1 unspecified atom stereocenters. The van der Waals surface area contributed by atoms with Gasteiger partial charge in [0.25, 0.3) is 0 Å². The Morgan fingerprint density at radius 3 is 2.70 bits per heavy atom. The Hall–Kier alpha value is -1.48. The van der Waals surface area contributed by atoms with E-state index in [0.717, 1.165) is 29.2 Å². The lowest BCUT2D eigenvalue weighted by atomic mass is 9.96. The van der Waals surface area contributed by atoms with Gasteiger partial charge in [-0.3, -0.25) is 4.98 Å². The van der Waals surface area contributed by atoms with E-state index in [9.17, 15) is 0 Å². The van der Waals surface area contributed by atoms with E-state index in [2.05, 4.69) is 17.2 Å². The first-order chi connectivity index (χ1) is 9.86. The number of aromatic nitrogens is 2. The van der Waals surface area contributed by atoms with E-state index < -0.39 is 0 Å². The van der Waals surface area contributed by atoms with Crippen LogP contribution in [0.15, 0.2) is 30.5 Å². The summed E-state index contributed by atoms with van der Waals surface area (Å²) in [6, 6.07) is 8.45. The van der Waals surface area contributed by atoms with Crippen LogP contribution >= 0.6 is 0 Å². The molecule has 1 aromatic heterocycles. The Balaban J connectivity index is 1.83. The molecular weight excluding hydrogens is 246 g/mol. The molecule has 106 valence electrons. The topological polar surface area (TPSA) is 37.8 Å². The van der Waals surface area contributed by atoms with Crippen LogP contribution < -0.4 is 5.32 Å². The summed E-state index contributed by atoms with van der Waals surface area (Å²) in [5, 5.41) is 3.59. The maximum atomic E-state index is 4.81. The van der Waals surface area contributed by atoms with Gasteiger partial charge in [0.15, 0.2) is 0 Å². The second kappa shape index (κ2) is 6.31. The molecule has 0 bridgehead atoms. The number of benzene rings is 1. The summed E-state index contributed by atoms with van der Waals surface area (Å²) >= 11 is 0. The molecule has 3 heteroatoms. The second-order valence-electron chi connectivity index (χ2n) is 5.78. The average molecular weight is 269 g/mol. The van der Waals surface area contributed by atoms with Crippen molar-refractivity contribution in [2.24, 2.45) is 5.92 Å². The van der Waals surface area contributed by atoms with Crippen LogP contribution in [0.5, 0.6) is 0 Å². The van der Waals surface area contributed by atoms with E-state index in [1.807, 2.05) is 30.5 Å². The molecule has 1 N–H and O–H groups in total. The van der Waals surface area contributed by atoms with Crippen LogP contribution in [0.3, 0.4) is 0 Å². The second-order valence-corrected chi connectivity index (χ2v) is 5.78. The van der Waals surface area contributed by atoms with Gasteiger partial charge in [-0.05, 0) is 31.0 Å². The van der Waals surface area contributed by atoms with Crippen LogP contribution in [0.1, 0.15) is 50.8 Å². The van der Waals surface area contributed by atoms with Crippen molar-refractivity contribution in [1.82, 2.24) is 15.3 Å². The molecule has 0 saturated heterocycles. The Labute approximate surface area is 120 Å². The highest BCUT2D eigenvalue weighted by molar-refractivity contribution is 5.73. The molecule has 1 saturated carbocycles. The number of hydrogen-bond donors (Lipinski definition) is 1. The van der Waals surface area contributed by atoms with Crippen molar-refractivity contribution in [1.29, 1.82) is 0 Å². The summed E-state index contributed by atoms with van der Waals surface area (Å²) in [5.74, 6) is 0.854. The fourth-order valence-electron chi connectivity index (χ4n) is 3.27. The zero-order valence-corrected chi connectivity index (χ0v) is 12.2. The van der Waals surface area contributed by atoms with Gasteiger partial charge in [0.1, 0.15) is 0 Å². The van der Waals surface area contributed by atoms with Crippen LogP contribution in [-0.2, 0) is 0 Å². The predicted octanol–water partition coefficient (Wildman–Crippen LogP) is 3.86. The first kappa shape index (κ1) is 13.5. The van der Waals surface area contributed by atoms with Crippen molar-refractivity contribution < 1.29 is 0 Å². The number of para-hydroxylation sites is 2. The van der Waals surface area contributed by atoms with Gasteiger partial charge < -0.3 is 5.32 Å². The summed E-state index contributed by atoms with van der Waals surface area (Å²) in [4.78, 5) is 9.37. The number of hydrogen-bond acceptors (Lipinski definition) is 3. The Morgan fingerprint density at radius 2 is 1.95 bits per heavy atom. The smallest absolute Gasteiger partial charge is 0.0890 e. The number of nitrogens with zero attached hydrogens (tertiary/aromatic N) is 2. The predicted molar refractivity (Wildman–Crippen MR) is 82.5 cm³/mol.